The molecule has 1 aromatic heterocycles. The van der Waals surface area contributed by atoms with Crippen molar-refractivity contribution in [3.05, 3.63) is 18.0 Å². The molecule has 0 spiro atoms. The first-order chi connectivity index (χ1) is 9.33. The minimum absolute atomic E-state index is 0.529. The van der Waals surface area contributed by atoms with Crippen LogP contribution in [-0.2, 0) is 6.54 Å². The average molecular weight is 261 g/mol. The van der Waals surface area contributed by atoms with Crippen molar-refractivity contribution in [3.8, 4) is 0 Å². The van der Waals surface area contributed by atoms with E-state index in [1.54, 1.807) is 0 Å². The summed E-state index contributed by atoms with van der Waals surface area (Å²) in [5.74, 6) is 2.94. The second-order valence-corrected chi connectivity index (χ2v) is 6.40. The first kappa shape index (κ1) is 13.2. The maximum absolute atomic E-state index is 4.51. The molecule has 1 aromatic rings. The molecule has 3 rings (SSSR count). The third-order valence-corrected chi connectivity index (χ3v) is 4.87. The minimum atomic E-state index is 0.529. The Hall–Kier alpha value is -0.830. The fourth-order valence-electron chi connectivity index (χ4n) is 3.85. The molecular weight excluding hydrogens is 234 g/mol. The lowest BCUT2D eigenvalue weighted by molar-refractivity contribution is 0.322. The van der Waals surface area contributed by atoms with Gasteiger partial charge in [-0.15, -0.1) is 0 Å². The number of hydrogen-bond acceptors (Lipinski definition) is 2. The molecule has 1 heterocycles. The van der Waals surface area contributed by atoms with Crippen LogP contribution in [0.3, 0.4) is 0 Å². The Balaban J connectivity index is 1.75. The molecule has 3 unspecified atom stereocenters. The van der Waals surface area contributed by atoms with E-state index in [1.165, 1.54) is 31.4 Å². The summed E-state index contributed by atoms with van der Waals surface area (Å²) in [5, 5.41) is 8.31. The third-order valence-electron chi connectivity index (χ3n) is 4.87. The largest absolute Gasteiger partial charge is 0.308 e. The van der Waals surface area contributed by atoms with Crippen LogP contribution in [0.15, 0.2) is 12.3 Å². The quantitative estimate of drug-likeness (QED) is 0.815. The summed E-state index contributed by atoms with van der Waals surface area (Å²) in [6.07, 6.45) is 8.71. The van der Waals surface area contributed by atoms with Crippen LogP contribution in [0.2, 0.25) is 0 Å². The maximum Gasteiger partial charge on any atom is 0.0556 e. The van der Waals surface area contributed by atoms with E-state index >= 15 is 0 Å². The van der Waals surface area contributed by atoms with Gasteiger partial charge in [-0.05, 0) is 62.5 Å². The van der Waals surface area contributed by atoms with E-state index in [9.17, 15) is 0 Å². The summed E-state index contributed by atoms with van der Waals surface area (Å²) in [7, 11) is 0. The standard InChI is InChI=1S/C16H27N3/c1-3-6-17-16(14-10-12-9-13(12)11-14)15-5-7-18-19(15)8-4-2/h5,7,12-14,16-17H,3-4,6,8-11H2,1-2H3. The SMILES string of the molecule is CCCNC(c1ccnn1CCC)C1CC2CC2C1. The van der Waals surface area contributed by atoms with Crippen molar-refractivity contribution in [2.24, 2.45) is 17.8 Å². The van der Waals surface area contributed by atoms with Gasteiger partial charge in [-0.25, -0.2) is 0 Å². The average Bonchev–Trinajstić information content (AvgIpc) is 2.84. The van der Waals surface area contributed by atoms with Gasteiger partial charge in [0.25, 0.3) is 0 Å². The summed E-state index contributed by atoms with van der Waals surface area (Å²) in [6.45, 7) is 6.64. The monoisotopic (exact) mass is 261 g/mol. The molecule has 2 fully saturated rings. The van der Waals surface area contributed by atoms with Crippen LogP contribution in [-0.4, -0.2) is 16.3 Å². The highest BCUT2D eigenvalue weighted by Crippen LogP contribution is 2.57. The molecule has 0 bridgehead atoms. The van der Waals surface area contributed by atoms with E-state index in [-0.39, 0.29) is 0 Å². The van der Waals surface area contributed by atoms with Gasteiger partial charge >= 0.3 is 0 Å². The highest BCUT2D eigenvalue weighted by atomic mass is 15.3. The van der Waals surface area contributed by atoms with Gasteiger partial charge in [0.1, 0.15) is 0 Å². The predicted octanol–water partition coefficient (Wildman–Crippen LogP) is 3.38. The lowest BCUT2D eigenvalue weighted by Gasteiger charge is -2.27. The molecule has 3 nitrogen and oxygen atoms in total. The third kappa shape index (κ3) is 2.71. The number of nitrogens with zero attached hydrogens (tertiary/aromatic N) is 2. The molecule has 0 aromatic carbocycles. The number of aromatic nitrogens is 2. The molecule has 1 N–H and O–H groups in total. The van der Waals surface area contributed by atoms with Crippen LogP contribution in [0, 0.1) is 17.8 Å². The normalized spacial score (nSPS) is 30.3. The Kier molecular flexibility index (Phi) is 3.92. The van der Waals surface area contributed by atoms with Crippen molar-refractivity contribution in [1.82, 2.24) is 15.1 Å². The van der Waals surface area contributed by atoms with E-state index in [0.29, 0.717) is 6.04 Å². The predicted molar refractivity (Wildman–Crippen MR) is 77.9 cm³/mol. The fourth-order valence-corrected chi connectivity index (χ4v) is 3.85. The molecule has 3 atom stereocenters. The van der Waals surface area contributed by atoms with Crippen molar-refractivity contribution in [2.75, 3.05) is 6.54 Å². The lowest BCUT2D eigenvalue weighted by atomic mass is 9.92. The van der Waals surface area contributed by atoms with E-state index in [0.717, 1.165) is 37.3 Å². The molecule has 2 saturated carbocycles. The van der Waals surface area contributed by atoms with Crippen molar-refractivity contribution in [1.29, 1.82) is 0 Å². The molecule has 0 aliphatic heterocycles. The number of rotatable bonds is 7. The van der Waals surface area contributed by atoms with Gasteiger partial charge < -0.3 is 5.32 Å². The van der Waals surface area contributed by atoms with Gasteiger partial charge in [0.05, 0.1) is 11.7 Å². The van der Waals surface area contributed by atoms with Crippen LogP contribution in [0.5, 0.6) is 0 Å². The van der Waals surface area contributed by atoms with Gasteiger partial charge in [0.15, 0.2) is 0 Å². The molecule has 0 amide bonds. The van der Waals surface area contributed by atoms with Crippen molar-refractivity contribution < 1.29 is 0 Å². The second-order valence-electron chi connectivity index (χ2n) is 6.40. The smallest absolute Gasteiger partial charge is 0.0556 e. The molecule has 2 aliphatic carbocycles. The van der Waals surface area contributed by atoms with Gasteiger partial charge in [0, 0.05) is 12.7 Å². The van der Waals surface area contributed by atoms with E-state index in [4.69, 9.17) is 0 Å². The summed E-state index contributed by atoms with van der Waals surface area (Å²) < 4.78 is 2.22. The number of aryl methyl sites for hydroxylation is 1. The molecule has 19 heavy (non-hydrogen) atoms. The van der Waals surface area contributed by atoms with Crippen LogP contribution in [0.25, 0.3) is 0 Å². The Morgan fingerprint density at radius 2 is 2.05 bits per heavy atom. The Morgan fingerprint density at radius 1 is 1.26 bits per heavy atom. The van der Waals surface area contributed by atoms with E-state index in [1.807, 2.05) is 6.20 Å². The van der Waals surface area contributed by atoms with Crippen molar-refractivity contribution >= 4 is 0 Å². The minimum Gasteiger partial charge on any atom is -0.308 e. The van der Waals surface area contributed by atoms with Crippen molar-refractivity contribution in [2.45, 2.75) is 58.5 Å². The Morgan fingerprint density at radius 3 is 2.74 bits per heavy atom. The van der Waals surface area contributed by atoms with Crippen LogP contribution >= 0.6 is 0 Å². The zero-order valence-corrected chi connectivity index (χ0v) is 12.3. The fraction of sp³-hybridized carbons (Fsp3) is 0.812. The van der Waals surface area contributed by atoms with Gasteiger partial charge in [-0.2, -0.15) is 5.10 Å². The van der Waals surface area contributed by atoms with E-state index in [2.05, 4.69) is 35.0 Å². The zero-order chi connectivity index (χ0) is 13.2. The van der Waals surface area contributed by atoms with Crippen LogP contribution in [0.1, 0.15) is 57.7 Å². The summed E-state index contributed by atoms with van der Waals surface area (Å²) >= 11 is 0. The first-order valence-corrected chi connectivity index (χ1v) is 8.08. The number of nitrogens with one attached hydrogen (secondary N) is 1. The Labute approximate surface area is 116 Å². The summed E-state index contributed by atoms with van der Waals surface area (Å²) in [5.41, 5.74) is 1.42. The highest BCUT2D eigenvalue weighted by molar-refractivity contribution is 5.12. The molecular formula is C16H27N3. The van der Waals surface area contributed by atoms with E-state index < -0.39 is 0 Å². The molecule has 2 aliphatic rings. The van der Waals surface area contributed by atoms with Gasteiger partial charge in [-0.1, -0.05) is 13.8 Å². The van der Waals surface area contributed by atoms with Crippen LogP contribution < -0.4 is 5.32 Å². The summed E-state index contributed by atoms with van der Waals surface area (Å²) in [6, 6.07) is 2.76. The second kappa shape index (κ2) is 5.66. The van der Waals surface area contributed by atoms with Crippen molar-refractivity contribution in [3.63, 3.8) is 0 Å². The van der Waals surface area contributed by atoms with Gasteiger partial charge in [-0.3, -0.25) is 4.68 Å². The van der Waals surface area contributed by atoms with Crippen LogP contribution in [0.4, 0.5) is 0 Å². The maximum atomic E-state index is 4.51. The molecule has 106 valence electrons. The number of hydrogen-bond donors (Lipinski definition) is 1. The molecule has 0 saturated heterocycles. The zero-order valence-electron chi connectivity index (χ0n) is 12.3. The van der Waals surface area contributed by atoms with Gasteiger partial charge in [0.2, 0.25) is 0 Å². The topological polar surface area (TPSA) is 29.9 Å². The lowest BCUT2D eigenvalue weighted by Crippen LogP contribution is -2.30. The first-order valence-electron chi connectivity index (χ1n) is 8.08. The molecule has 3 heteroatoms. The summed E-state index contributed by atoms with van der Waals surface area (Å²) in [4.78, 5) is 0. The number of fused-ring (bicyclic) bond motifs is 1. The highest BCUT2D eigenvalue weighted by Gasteiger charge is 2.48. The Bertz CT molecular complexity index is 402. The molecule has 0 radical (unpaired) electrons.